The third kappa shape index (κ3) is 4.40. The maximum atomic E-state index is 11.3. The standard InChI is InChI=1S/C13H21N3O2S/c1-19(17,18)15-12-3-2-9-16(10-8-12)13-6-4-11(14)5-7-13/h4-7,12,15H,2-3,8-10,14H2,1H3. The minimum absolute atomic E-state index is 0.0498. The highest BCUT2D eigenvalue weighted by molar-refractivity contribution is 7.88. The topological polar surface area (TPSA) is 75.4 Å². The maximum Gasteiger partial charge on any atom is 0.208 e. The van der Waals surface area contributed by atoms with Crippen molar-refractivity contribution in [1.29, 1.82) is 0 Å². The second-order valence-electron chi connectivity index (χ2n) is 5.10. The molecule has 3 N–H and O–H groups in total. The quantitative estimate of drug-likeness (QED) is 0.817. The lowest BCUT2D eigenvalue weighted by atomic mass is 10.1. The summed E-state index contributed by atoms with van der Waals surface area (Å²) in [5, 5.41) is 0. The summed E-state index contributed by atoms with van der Waals surface area (Å²) in [6.07, 6.45) is 3.92. The third-order valence-electron chi connectivity index (χ3n) is 3.37. The van der Waals surface area contributed by atoms with E-state index in [2.05, 4.69) is 9.62 Å². The fraction of sp³-hybridized carbons (Fsp3) is 0.538. The number of hydrogen-bond acceptors (Lipinski definition) is 4. The maximum absolute atomic E-state index is 11.3. The molecular weight excluding hydrogens is 262 g/mol. The average Bonchev–Trinajstić information content (AvgIpc) is 2.54. The van der Waals surface area contributed by atoms with Gasteiger partial charge in [-0.1, -0.05) is 0 Å². The number of nitrogens with one attached hydrogen (secondary N) is 1. The Labute approximate surface area is 114 Å². The van der Waals surface area contributed by atoms with Crippen molar-refractivity contribution in [2.24, 2.45) is 0 Å². The first-order valence-electron chi connectivity index (χ1n) is 6.52. The molecule has 1 aromatic carbocycles. The Hall–Kier alpha value is -1.27. The second-order valence-corrected chi connectivity index (χ2v) is 6.88. The minimum Gasteiger partial charge on any atom is -0.399 e. The van der Waals surface area contributed by atoms with Crippen LogP contribution in [-0.4, -0.2) is 33.8 Å². The first-order chi connectivity index (χ1) is 8.94. The molecule has 1 unspecified atom stereocenters. The Morgan fingerprint density at radius 3 is 2.53 bits per heavy atom. The number of nitrogens with zero attached hydrogens (tertiary/aromatic N) is 1. The summed E-state index contributed by atoms with van der Waals surface area (Å²) in [5.41, 5.74) is 7.59. The number of rotatable bonds is 3. The number of nitrogens with two attached hydrogens (primary N) is 1. The van der Waals surface area contributed by atoms with Gasteiger partial charge in [-0.2, -0.15) is 0 Å². The molecule has 0 spiro atoms. The van der Waals surface area contributed by atoms with Crippen LogP contribution in [0, 0.1) is 0 Å². The van der Waals surface area contributed by atoms with E-state index in [0.29, 0.717) is 0 Å². The van der Waals surface area contributed by atoms with E-state index in [9.17, 15) is 8.42 Å². The van der Waals surface area contributed by atoms with Crippen LogP contribution >= 0.6 is 0 Å². The van der Waals surface area contributed by atoms with Crippen LogP contribution in [0.2, 0.25) is 0 Å². The number of sulfonamides is 1. The van der Waals surface area contributed by atoms with Gasteiger partial charge in [-0.05, 0) is 43.5 Å². The summed E-state index contributed by atoms with van der Waals surface area (Å²) in [4.78, 5) is 2.28. The molecule has 0 amide bonds. The highest BCUT2D eigenvalue weighted by Gasteiger charge is 2.19. The number of hydrogen-bond donors (Lipinski definition) is 2. The SMILES string of the molecule is CS(=O)(=O)NC1CCCN(c2ccc(N)cc2)CC1. The van der Waals surface area contributed by atoms with Crippen LogP contribution in [0.3, 0.4) is 0 Å². The highest BCUT2D eigenvalue weighted by Crippen LogP contribution is 2.21. The van der Waals surface area contributed by atoms with E-state index in [1.807, 2.05) is 24.3 Å². The molecule has 1 fully saturated rings. The number of nitrogen functional groups attached to an aromatic ring is 1. The molecule has 0 radical (unpaired) electrons. The Balaban J connectivity index is 1.98. The van der Waals surface area contributed by atoms with E-state index in [1.165, 1.54) is 6.26 Å². The molecule has 1 saturated heterocycles. The normalized spacial score (nSPS) is 21.1. The molecule has 0 aromatic heterocycles. The highest BCUT2D eigenvalue weighted by atomic mass is 32.2. The third-order valence-corrected chi connectivity index (χ3v) is 4.13. The van der Waals surface area contributed by atoms with Crippen LogP contribution in [0.15, 0.2) is 24.3 Å². The zero-order valence-corrected chi connectivity index (χ0v) is 12.0. The van der Waals surface area contributed by atoms with Crippen molar-refractivity contribution in [1.82, 2.24) is 4.72 Å². The lowest BCUT2D eigenvalue weighted by Crippen LogP contribution is -2.34. The van der Waals surface area contributed by atoms with Crippen LogP contribution in [0.4, 0.5) is 11.4 Å². The zero-order valence-electron chi connectivity index (χ0n) is 11.2. The Morgan fingerprint density at radius 2 is 1.89 bits per heavy atom. The average molecular weight is 283 g/mol. The van der Waals surface area contributed by atoms with Crippen LogP contribution < -0.4 is 15.4 Å². The van der Waals surface area contributed by atoms with Crippen molar-refractivity contribution < 1.29 is 8.42 Å². The van der Waals surface area contributed by atoms with Crippen LogP contribution in [0.1, 0.15) is 19.3 Å². The van der Waals surface area contributed by atoms with Crippen molar-refractivity contribution in [2.45, 2.75) is 25.3 Å². The summed E-state index contributed by atoms with van der Waals surface area (Å²) in [6, 6.07) is 7.87. The van der Waals surface area contributed by atoms with Gasteiger partial charge >= 0.3 is 0 Å². The molecule has 1 aliphatic heterocycles. The first-order valence-corrected chi connectivity index (χ1v) is 8.41. The van der Waals surface area contributed by atoms with Gasteiger partial charge in [0.15, 0.2) is 0 Å². The zero-order chi connectivity index (χ0) is 13.9. The van der Waals surface area contributed by atoms with Crippen LogP contribution in [0.5, 0.6) is 0 Å². The van der Waals surface area contributed by atoms with Crippen LogP contribution in [-0.2, 0) is 10.0 Å². The van der Waals surface area contributed by atoms with E-state index in [-0.39, 0.29) is 6.04 Å². The Kier molecular flexibility index (Phi) is 4.31. The molecule has 106 valence electrons. The molecule has 1 aliphatic rings. The Morgan fingerprint density at radius 1 is 1.21 bits per heavy atom. The van der Waals surface area contributed by atoms with Crippen LogP contribution in [0.25, 0.3) is 0 Å². The molecule has 0 aliphatic carbocycles. The van der Waals surface area contributed by atoms with Gasteiger partial charge in [-0.25, -0.2) is 13.1 Å². The molecule has 2 rings (SSSR count). The number of benzene rings is 1. The first kappa shape index (κ1) is 14.1. The van der Waals surface area contributed by atoms with E-state index < -0.39 is 10.0 Å². The van der Waals surface area contributed by atoms with E-state index in [4.69, 9.17) is 5.73 Å². The minimum atomic E-state index is -3.11. The molecular formula is C13H21N3O2S. The van der Waals surface area contributed by atoms with Gasteiger partial charge in [0.1, 0.15) is 0 Å². The lowest BCUT2D eigenvalue weighted by Gasteiger charge is -2.23. The van der Waals surface area contributed by atoms with Gasteiger partial charge in [0.25, 0.3) is 0 Å². The van der Waals surface area contributed by atoms with E-state index >= 15 is 0 Å². The molecule has 1 atom stereocenters. The monoisotopic (exact) mass is 283 g/mol. The molecule has 1 aromatic rings. The fourth-order valence-corrected chi connectivity index (χ4v) is 3.30. The molecule has 0 bridgehead atoms. The van der Waals surface area contributed by atoms with Gasteiger partial charge in [0.2, 0.25) is 10.0 Å². The van der Waals surface area contributed by atoms with Crippen molar-refractivity contribution in [3.63, 3.8) is 0 Å². The lowest BCUT2D eigenvalue weighted by molar-refractivity contribution is 0.523. The van der Waals surface area contributed by atoms with Crippen molar-refractivity contribution in [3.8, 4) is 0 Å². The van der Waals surface area contributed by atoms with E-state index in [1.54, 1.807) is 0 Å². The smallest absolute Gasteiger partial charge is 0.208 e. The van der Waals surface area contributed by atoms with E-state index in [0.717, 1.165) is 43.7 Å². The predicted octanol–water partition coefficient (Wildman–Crippen LogP) is 1.18. The summed E-state index contributed by atoms with van der Waals surface area (Å²) >= 11 is 0. The van der Waals surface area contributed by atoms with Crippen molar-refractivity contribution in [3.05, 3.63) is 24.3 Å². The molecule has 1 heterocycles. The van der Waals surface area contributed by atoms with Crippen molar-refractivity contribution >= 4 is 21.4 Å². The molecule has 19 heavy (non-hydrogen) atoms. The summed E-state index contributed by atoms with van der Waals surface area (Å²) < 4.78 is 25.2. The summed E-state index contributed by atoms with van der Waals surface area (Å²) in [7, 11) is -3.11. The molecule has 6 heteroatoms. The second kappa shape index (κ2) is 5.79. The Bertz CT molecular complexity index is 513. The molecule has 5 nitrogen and oxygen atoms in total. The largest absolute Gasteiger partial charge is 0.399 e. The van der Waals surface area contributed by atoms with Gasteiger partial charge in [-0.3, -0.25) is 0 Å². The predicted molar refractivity (Wildman–Crippen MR) is 78.7 cm³/mol. The number of anilines is 2. The van der Waals surface area contributed by atoms with Gasteiger partial charge in [-0.15, -0.1) is 0 Å². The summed E-state index contributed by atoms with van der Waals surface area (Å²) in [6.45, 7) is 1.81. The van der Waals surface area contributed by atoms with Crippen molar-refractivity contribution in [2.75, 3.05) is 30.0 Å². The summed E-state index contributed by atoms with van der Waals surface area (Å²) in [5.74, 6) is 0. The van der Waals surface area contributed by atoms with Gasteiger partial charge in [0, 0.05) is 30.5 Å². The van der Waals surface area contributed by atoms with Gasteiger partial charge < -0.3 is 10.6 Å². The fourth-order valence-electron chi connectivity index (χ4n) is 2.46. The molecule has 0 saturated carbocycles. The van der Waals surface area contributed by atoms with Gasteiger partial charge in [0.05, 0.1) is 6.26 Å².